The predicted octanol–water partition coefficient (Wildman–Crippen LogP) is 2.21. The van der Waals surface area contributed by atoms with Gasteiger partial charge in [-0.15, -0.1) is 0 Å². The minimum absolute atomic E-state index is 0.170. The Bertz CT molecular complexity index is 504. The van der Waals surface area contributed by atoms with Gasteiger partial charge in [-0.05, 0) is 24.0 Å². The van der Waals surface area contributed by atoms with E-state index in [1.807, 2.05) is 12.1 Å². The molecule has 2 atom stereocenters. The van der Waals surface area contributed by atoms with Crippen LogP contribution >= 0.6 is 0 Å². The first-order valence-corrected chi connectivity index (χ1v) is 6.46. The molecule has 1 heterocycles. The van der Waals surface area contributed by atoms with Gasteiger partial charge >= 0.3 is 11.9 Å². The average molecular weight is 267 g/mol. The van der Waals surface area contributed by atoms with E-state index < -0.39 is 24.4 Å². The summed E-state index contributed by atoms with van der Waals surface area (Å²) < 4.78 is 30.7. The van der Waals surface area contributed by atoms with Gasteiger partial charge in [-0.2, -0.15) is 8.78 Å². The van der Waals surface area contributed by atoms with Crippen molar-refractivity contribution in [3.8, 4) is 0 Å². The fourth-order valence-corrected chi connectivity index (χ4v) is 2.81. The maximum absolute atomic E-state index is 13.0. The molecule has 0 radical (unpaired) electrons. The van der Waals surface area contributed by atoms with Crippen molar-refractivity contribution in [1.82, 2.24) is 5.32 Å². The highest BCUT2D eigenvalue weighted by Crippen LogP contribution is 2.33. The molecule has 0 aromatic heterocycles. The lowest BCUT2D eigenvalue weighted by Gasteiger charge is -2.16. The number of carbonyl (C=O) groups excluding carboxylic acids is 1. The lowest BCUT2D eigenvalue weighted by molar-refractivity contribution is -0.159. The summed E-state index contributed by atoms with van der Waals surface area (Å²) in [6.07, 6.45) is 0.702. The van der Waals surface area contributed by atoms with E-state index in [0.29, 0.717) is 0 Å². The summed E-state index contributed by atoms with van der Waals surface area (Å²) in [6, 6.07) is 8.28. The summed E-state index contributed by atoms with van der Waals surface area (Å²) in [4.78, 5) is 10.9. The van der Waals surface area contributed by atoms with Gasteiger partial charge in [-0.1, -0.05) is 24.3 Å². The van der Waals surface area contributed by atoms with E-state index in [2.05, 4.69) is 22.2 Å². The van der Waals surface area contributed by atoms with Crippen LogP contribution in [0.15, 0.2) is 24.3 Å². The number of halogens is 2. The first kappa shape index (κ1) is 12.5. The van der Waals surface area contributed by atoms with Crippen LogP contribution in [0.4, 0.5) is 8.78 Å². The van der Waals surface area contributed by atoms with Crippen LogP contribution in [0.1, 0.15) is 30.0 Å². The number of benzene rings is 1. The Hall–Kier alpha value is -1.49. The molecule has 102 valence electrons. The number of aryl methyl sites for hydroxylation is 1. The van der Waals surface area contributed by atoms with Crippen molar-refractivity contribution in [2.45, 2.75) is 37.3 Å². The number of esters is 1. The number of fused-ring (bicyclic) bond motifs is 1. The highest BCUT2D eigenvalue weighted by Gasteiger charge is 2.50. The predicted molar refractivity (Wildman–Crippen MR) is 65.0 cm³/mol. The summed E-state index contributed by atoms with van der Waals surface area (Å²) >= 11 is 0. The van der Waals surface area contributed by atoms with Crippen LogP contribution in [-0.2, 0) is 16.0 Å². The molecular formula is C14H15F2NO2. The van der Waals surface area contributed by atoms with Crippen molar-refractivity contribution in [1.29, 1.82) is 0 Å². The van der Waals surface area contributed by atoms with Crippen molar-refractivity contribution in [3.63, 3.8) is 0 Å². The molecule has 3 nitrogen and oxygen atoms in total. The third-order valence-corrected chi connectivity index (χ3v) is 3.78. The summed E-state index contributed by atoms with van der Waals surface area (Å²) in [5.74, 6) is -4.72. The molecule has 1 aromatic rings. The molecule has 1 N–H and O–H groups in total. The van der Waals surface area contributed by atoms with Gasteiger partial charge in [-0.3, -0.25) is 0 Å². The number of rotatable bonds is 3. The van der Waals surface area contributed by atoms with Gasteiger partial charge in [0.25, 0.3) is 0 Å². The number of hydrogen-bond acceptors (Lipinski definition) is 3. The molecule has 2 unspecified atom stereocenters. The Morgan fingerprint density at radius 1 is 1.37 bits per heavy atom. The molecule has 1 fully saturated rings. The van der Waals surface area contributed by atoms with Gasteiger partial charge in [0.1, 0.15) is 6.10 Å². The van der Waals surface area contributed by atoms with Crippen LogP contribution in [0, 0.1) is 0 Å². The molecular weight excluding hydrogens is 252 g/mol. The van der Waals surface area contributed by atoms with Crippen LogP contribution in [0.25, 0.3) is 0 Å². The molecule has 0 spiro atoms. The Labute approximate surface area is 109 Å². The second kappa shape index (κ2) is 4.56. The van der Waals surface area contributed by atoms with E-state index >= 15 is 0 Å². The van der Waals surface area contributed by atoms with E-state index in [0.717, 1.165) is 12.8 Å². The van der Waals surface area contributed by atoms with Crippen molar-refractivity contribution in [2.24, 2.45) is 0 Å². The molecule has 2 aliphatic rings. The van der Waals surface area contributed by atoms with Gasteiger partial charge in [0, 0.05) is 12.6 Å². The molecule has 1 saturated heterocycles. The molecule has 19 heavy (non-hydrogen) atoms. The zero-order valence-electron chi connectivity index (χ0n) is 10.4. The van der Waals surface area contributed by atoms with Gasteiger partial charge in [-0.25, -0.2) is 4.79 Å². The Kier molecular flexibility index (Phi) is 3.01. The van der Waals surface area contributed by atoms with E-state index in [4.69, 9.17) is 0 Å². The van der Waals surface area contributed by atoms with Crippen molar-refractivity contribution < 1.29 is 18.3 Å². The van der Waals surface area contributed by atoms with Crippen LogP contribution in [0.2, 0.25) is 0 Å². The molecule has 1 aliphatic heterocycles. The maximum atomic E-state index is 13.0. The average Bonchev–Trinajstić information content (AvgIpc) is 2.89. The number of cyclic esters (lactones) is 1. The lowest BCUT2D eigenvalue weighted by Crippen LogP contribution is -2.29. The largest absolute Gasteiger partial charge is 0.456 e. The normalized spacial score (nSPS) is 28.2. The van der Waals surface area contributed by atoms with Gasteiger partial charge in [0.15, 0.2) is 0 Å². The standard InChI is InChI=1S/C14H15F2NO2/c15-14(16)7-10(19-13(14)18)8-17-12-6-5-9-3-1-2-4-11(9)12/h1-4,10,12,17H,5-8H2. The molecule has 5 heteroatoms. The van der Waals surface area contributed by atoms with E-state index in [9.17, 15) is 13.6 Å². The molecule has 1 aromatic carbocycles. The van der Waals surface area contributed by atoms with Gasteiger partial charge in [0.2, 0.25) is 0 Å². The molecule has 3 rings (SSSR count). The topological polar surface area (TPSA) is 38.3 Å². The van der Waals surface area contributed by atoms with E-state index in [-0.39, 0.29) is 12.6 Å². The highest BCUT2D eigenvalue weighted by molar-refractivity contribution is 5.79. The highest BCUT2D eigenvalue weighted by atomic mass is 19.3. The smallest absolute Gasteiger partial charge is 0.377 e. The Morgan fingerprint density at radius 3 is 2.89 bits per heavy atom. The number of nitrogens with one attached hydrogen (secondary N) is 1. The molecule has 0 bridgehead atoms. The lowest BCUT2D eigenvalue weighted by atomic mass is 10.1. The monoisotopic (exact) mass is 267 g/mol. The van der Waals surface area contributed by atoms with Crippen LogP contribution in [-0.4, -0.2) is 24.5 Å². The Morgan fingerprint density at radius 2 is 2.16 bits per heavy atom. The quantitative estimate of drug-likeness (QED) is 0.853. The van der Waals surface area contributed by atoms with E-state index in [1.54, 1.807) is 0 Å². The molecule has 0 amide bonds. The number of ether oxygens (including phenoxy) is 1. The zero-order valence-corrected chi connectivity index (χ0v) is 10.4. The minimum Gasteiger partial charge on any atom is -0.456 e. The fraction of sp³-hybridized carbons (Fsp3) is 0.500. The summed E-state index contributed by atoms with van der Waals surface area (Å²) in [7, 11) is 0. The first-order valence-electron chi connectivity index (χ1n) is 6.46. The first-order chi connectivity index (χ1) is 9.06. The number of hydrogen-bond donors (Lipinski definition) is 1. The van der Waals surface area contributed by atoms with E-state index in [1.165, 1.54) is 11.1 Å². The van der Waals surface area contributed by atoms with Crippen molar-refractivity contribution in [2.75, 3.05) is 6.54 Å². The zero-order chi connectivity index (χ0) is 13.5. The summed E-state index contributed by atoms with van der Waals surface area (Å²) in [6.45, 7) is 0.278. The van der Waals surface area contributed by atoms with Crippen molar-refractivity contribution in [3.05, 3.63) is 35.4 Å². The fourth-order valence-electron chi connectivity index (χ4n) is 2.81. The van der Waals surface area contributed by atoms with Crippen molar-refractivity contribution >= 4 is 5.97 Å². The molecule has 1 aliphatic carbocycles. The molecule has 0 saturated carbocycles. The number of alkyl halides is 2. The number of carbonyl (C=O) groups is 1. The van der Waals surface area contributed by atoms with Gasteiger partial charge in [0.05, 0.1) is 6.42 Å². The third-order valence-electron chi connectivity index (χ3n) is 3.78. The summed E-state index contributed by atoms with van der Waals surface area (Å²) in [5, 5.41) is 3.23. The van der Waals surface area contributed by atoms with Crippen LogP contribution in [0.5, 0.6) is 0 Å². The third kappa shape index (κ3) is 2.34. The Balaban J connectivity index is 1.59. The second-order valence-corrected chi connectivity index (χ2v) is 5.13. The minimum atomic E-state index is -3.32. The van der Waals surface area contributed by atoms with Crippen LogP contribution < -0.4 is 5.32 Å². The van der Waals surface area contributed by atoms with Crippen LogP contribution in [0.3, 0.4) is 0 Å². The SMILES string of the molecule is O=C1OC(CNC2CCc3ccccc32)CC1(F)F. The summed E-state index contributed by atoms with van der Waals surface area (Å²) in [5.41, 5.74) is 2.52. The maximum Gasteiger partial charge on any atom is 0.377 e. The van der Waals surface area contributed by atoms with Gasteiger partial charge < -0.3 is 10.1 Å². The second-order valence-electron chi connectivity index (χ2n) is 5.13.